The second kappa shape index (κ2) is 11.9. The van der Waals surface area contributed by atoms with Gasteiger partial charge in [-0.1, -0.05) is 176 Å². The predicted octanol–water partition coefficient (Wildman–Crippen LogP) is 15.3. The third kappa shape index (κ3) is 4.38. The Labute approximate surface area is 314 Å². The molecule has 0 N–H and O–H groups in total. The van der Waals surface area contributed by atoms with Crippen molar-refractivity contribution >= 4 is 64.6 Å². The van der Waals surface area contributed by atoms with Crippen molar-refractivity contribution in [3.8, 4) is 44.5 Å². The van der Waals surface area contributed by atoms with Gasteiger partial charge < -0.3 is 0 Å². The summed E-state index contributed by atoms with van der Waals surface area (Å²) < 4.78 is 0. The van der Waals surface area contributed by atoms with Crippen molar-refractivity contribution in [1.29, 1.82) is 0 Å². The molecular formula is C54H36. The summed E-state index contributed by atoms with van der Waals surface area (Å²) in [5, 5.41) is 15.7. The van der Waals surface area contributed by atoms with Crippen molar-refractivity contribution in [1.82, 2.24) is 0 Å². The molecule has 0 spiro atoms. The van der Waals surface area contributed by atoms with Gasteiger partial charge in [0.25, 0.3) is 0 Å². The lowest BCUT2D eigenvalue weighted by atomic mass is 9.77. The van der Waals surface area contributed by atoms with E-state index in [4.69, 9.17) is 0 Å². The lowest BCUT2D eigenvalue weighted by Crippen LogP contribution is -1.98. The van der Waals surface area contributed by atoms with Crippen LogP contribution in [0.5, 0.6) is 0 Å². The van der Waals surface area contributed by atoms with Crippen LogP contribution >= 0.6 is 0 Å². The summed E-state index contributed by atoms with van der Waals surface area (Å²) in [6, 6.07) is 67.7. The minimum Gasteiger partial charge on any atom is -0.0622 e. The summed E-state index contributed by atoms with van der Waals surface area (Å²) in [5.74, 6) is 0. The molecule has 0 radical (unpaired) electrons. The molecule has 0 saturated heterocycles. The van der Waals surface area contributed by atoms with Crippen LogP contribution in [0.15, 0.2) is 182 Å². The molecule has 0 heteroatoms. The third-order valence-electron chi connectivity index (χ3n) is 11.8. The van der Waals surface area contributed by atoms with E-state index in [1.165, 1.54) is 120 Å². The van der Waals surface area contributed by atoms with Crippen LogP contribution < -0.4 is 0 Å². The number of benzene rings is 11. The van der Waals surface area contributed by atoms with Gasteiger partial charge in [0.05, 0.1) is 0 Å². The van der Waals surface area contributed by atoms with Crippen molar-refractivity contribution in [3.05, 3.63) is 193 Å². The molecule has 0 fully saturated rings. The van der Waals surface area contributed by atoms with E-state index in [1.54, 1.807) is 0 Å². The smallest absolute Gasteiger partial charge is 0.00131 e. The SMILES string of the molecule is Cc1cc2c(-c3ccccc3)c(-c3ccccc3)c3cc4c(-c5ccccc5)c(-c5ccccc5)c5cccc6c(C)cc(c4c65)c3c2c2ccccc12. The molecule has 11 aromatic rings. The van der Waals surface area contributed by atoms with E-state index in [-0.39, 0.29) is 0 Å². The lowest BCUT2D eigenvalue weighted by molar-refractivity contribution is 1.55. The summed E-state index contributed by atoms with van der Waals surface area (Å²) in [6.45, 7) is 4.57. The van der Waals surface area contributed by atoms with E-state index in [0.29, 0.717) is 0 Å². The van der Waals surface area contributed by atoms with Crippen molar-refractivity contribution in [2.45, 2.75) is 13.8 Å². The quantitative estimate of drug-likeness (QED) is 0.128. The van der Waals surface area contributed by atoms with Gasteiger partial charge in [-0.05, 0) is 140 Å². The minimum absolute atomic E-state index is 1.23. The fraction of sp³-hybridized carbons (Fsp3) is 0.0370. The fourth-order valence-corrected chi connectivity index (χ4v) is 9.61. The van der Waals surface area contributed by atoms with E-state index >= 15 is 0 Å². The van der Waals surface area contributed by atoms with Gasteiger partial charge in [0, 0.05) is 0 Å². The summed E-state index contributed by atoms with van der Waals surface area (Å²) >= 11 is 0. The first-order chi connectivity index (χ1) is 26.7. The Kier molecular flexibility index (Phi) is 6.78. The molecule has 0 saturated carbocycles. The van der Waals surface area contributed by atoms with E-state index < -0.39 is 0 Å². The maximum Gasteiger partial charge on any atom is -0.00131 e. The first-order valence-corrected chi connectivity index (χ1v) is 18.9. The Balaban J connectivity index is 1.52. The molecule has 0 amide bonds. The first kappa shape index (κ1) is 30.8. The summed E-state index contributed by atoms with van der Waals surface area (Å²) in [6.07, 6.45) is 0. The topological polar surface area (TPSA) is 0 Å². The predicted molar refractivity (Wildman–Crippen MR) is 234 cm³/mol. The van der Waals surface area contributed by atoms with E-state index in [2.05, 4.69) is 196 Å². The first-order valence-electron chi connectivity index (χ1n) is 18.9. The average Bonchev–Trinajstić information content (AvgIpc) is 3.23. The van der Waals surface area contributed by atoms with Crippen molar-refractivity contribution in [2.24, 2.45) is 0 Å². The van der Waals surface area contributed by atoms with Gasteiger partial charge in [-0.15, -0.1) is 0 Å². The zero-order chi connectivity index (χ0) is 35.9. The van der Waals surface area contributed by atoms with Gasteiger partial charge in [-0.25, -0.2) is 0 Å². The van der Waals surface area contributed by atoms with Crippen molar-refractivity contribution in [2.75, 3.05) is 0 Å². The minimum atomic E-state index is 1.23. The van der Waals surface area contributed by atoms with E-state index in [9.17, 15) is 0 Å². The number of aryl methyl sites for hydroxylation is 2. The number of fused-ring (bicyclic) bond motifs is 6. The molecule has 0 atom stereocenters. The van der Waals surface area contributed by atoms with Gasteiger partial charge in [-0.3, -0.25) is 0 Å². The van der Waals surface area contributed by atoms with Crippen LogP contribution in [0.2, 0.25) is 0 Å². The Bertz CT molecular complexity index is 3230. The van der Waals surface area contributed by atoms with Gasteiger partial charge >= 0.3 is 0 Å². The zero-order valence-corrected chi connectivity index (χ0v) is 30.3. The Morgan fingerprint density at radius 1 is 0.222 bits per heavy atom. The monoisotopic (exact) mass is 684 g/mol. The van der Waals surface area contributed by atoms with Crippen LogP contribution in [0.25, 0.3) is 109 Å². The summed E-state index contributed by atoms with van der Waals surface area (Å²) in [7, 11) is 0. The van der Waals surface area contributed by atoms with Crippen LogP contribution in [0.4, 0.5) is 0 Å². The zero-order valence-electron chi connectivity index (χ0n) is 30.3. The number of hydrogen-bond acceptors (Lipinski definition) is 0. The highest BCUT2D eigenvalue weighted by molar-refractivity contribution is 6.42. The second-order valence-corrected chi connectivity index (χ2v) is 14.8. The van der Waals surface area contributed by atoms with Crippen LogP contribution in [0.3, 0.4) is 0 Å². The highest BCUT2D eigenvalue weighted by Gasteiger charge is 2.26. The average molecular weight is 685 g/mol. The molecule has 11 aromatic carbocycles. The normalized spacial score (nSPS) is 11.9. The molecule has 0 unspecified atom stereocenters. The van der Waals surface area contributed by atoms with Gasteiger partial charge in [-0.2, -0.15) is 0 Å². The Morgan fingerprint density at radius 2 is 0.537 bits per heavy atom. The molecule has 0 aromatic heterocycles. The molecule has 11 rings (SSSR count). The molecule has 0 nitrogen and oxygen atoms in total. The highest BCUT2D eigenvalue weighted by Crippen LogP contribution is 2.54. The van der Waals surface area contributed by atoms with Crippen molar-refractivity contribution in [3.63, 3.8) is 0 Å². The Hall–Kier alpha value is -6.76. The highest BCUT2D eigenvalue weighted by atomic mass is 14.3. The van der Waals surface area contributed by atoms with Crippen LogP contribution in [-0.4, -0.2) is 0 Å². The van der Waals surface area contributed by atoms with Crippen LogP contribution in [-0.2, 0) is 0 Å². The Morgan fingerprint density at radius 3 is 1.04 bits per heavy atom. The molecular weight excluding hydrogens is 649 g/mol. The maximum atomic E-state index is 2.57. The van der Waals surface area contributed by atoms with Crippen molar-refractivity contribution < 1.29 is 0 Å². The van der Waals surface area contributed by atoms with Crippen LogP contribution in [0, 0.1) is 13.8 Å². The fourth-order valence-electron chi connectivity index (χ4n) is 9.61. The molecule has 252 valence electrons. The molecule has 0 heterocycles. The standard InChI is InChI=1S/C54H36/c1-33-30-43-48(36-20-9-4-10-21-36)50(38-24-13-6-14-25-38)46-32-45-49(37-22-11-5-12-23-37)47(35-18-7-3-8-19-35)42-29-17-28-40-34(2)31-44(53(45)51(40)42)54(46)52(43)41-27-16-15-26-39(33)41/h3-32H,1-2H3. The largest absolute Gasteiger partial charge is 0.0622 e. The number of hydrogen-bond donors (Lipinski definition) is 0. The molecule has 0 aliphatic heterocycles. The molecule has 0 aliphatic rings. The van der Waals surface area contributed by atoms with Gasteiger partial charge in [0.15, 0.2) is 0 Å². The second-order valence-electron chi connectivity index (χ2n) is 14.8. The summed E-state index contributed by atoms with van der Waals surface area (Å²) in [4.78, 5) is 0. The number of rotatable bonds is 4. The van der Waals surface area contributed by atoms with Gasteiger partial charge in [0.1, 0.15) is 0 Å². The van der Waals surface area contributed by atoms with E-state index in [0.717, 1.165) is 0 Å². The van der Waals surface area contributed by atoms with Gasteiger partial charge in [0.2, 0.25) is 0 Å². The summed E-state index contributed by atoms with van der Waals surface area (Å²) in [5.41, 5.74) is 12.6. The van der Waals surface area contributed by atoms with Crippen LogP contribution in [0.1, 0.15) is 11.1 Å². The lowest BCUT2D eigenvalue weighted by Gasteiger charge is -2.26. The molecule has 54 heavy (non-hydrogen) atoms. The molecule has 0 bridgehead atoms. The molecule has 0 aliphatic carbocycles. The third-order valence-corrected chi connectivity index (χ3v) is 11.8. The van der Waals surface area contributed by atoms with E-state index in [1.807, 2.05) is 0 Å². The maximum absolute atomic E-state index is 2.57.